The lowest BCUT2D eigenvalue weighted by Crippen LogP contribution is -2.41. The number of sulfonamides is 1. The molecule has 0 radical (unpaired) electrons. The molecule has 1 saturated heterocycles. The molecule has 0 spiro atoms. The minimum atomic E-state index is -3.80. The molecule has 32 heavy (non-hydrogen) atoms. The molecule has 3 aromatic rings. The van der Waals surface area contributed by atoms with Gasteiger partial charge >= 0.3 is 0 Å². The van der Waals surface area contributed by atoms with E-state index >= 15 is 0 Å². The molecule has 8 nitrogen and oxygen atoms in total. The van der Waals surface area contributed by atoms with Crippen molar-refractivity contribution >= 4 is 55.4 Å². The van der Waals surface area contributed by atoms with Crippen molar-refractivity contribution in [2.45, 2.75) is 23.8 Å². The molecular weight excluding hydrogens is 477 g/mol. The van der Waals surface area contributed by atoms with Gasteiger partial charge in [0.1, 0.15) is 17.4 Å². The van der Waals surface area contributed by atoms with Crippen LogP contribution in [0.2, 0.25) is 5.02 Å². The maximum absolute atomic E-state index is 13.8. The van der Waals surface area contributed by atoms with Gasteiger partial charge in [0, 0.05) is 24.5 Å². The van der Waals surface area contributed by atoms with Crippen LogP contribution in [0.4, 0.5) is 20.9 Å². The van der Waals surface area contributed by atoms with Crippen LogP contribution in [0, 0.1) is 5.82 Å². The number of hydrogen-bond donors (Lipinski definition) is 1. The molecule has 2 aliphatic rings. The third-order valence-electron chi connectivity index (χ3n) is 5.68. The van der Waals surface area contributed by atoms with Gasteiger partial charge in [-0.25, -0.2) is 12.8 Å². The van der Waals surface area contributed by atoms with Gasteiger partial charge in [-0.2, -0.15) is 0 Å². The summed E-state index contributed by atoms with van der Waals surface area (Å²) in [6.07, 6.45) is 1.19. The molecule has 0 aliphatic carbocycles. The van der Waals surface area contributed by atoms with Crippen molar-refractivity contribution in [3.8, 4) is 0 Å². The van der Waals surface area contributed by atoms with E-state index in [-0.39, 0.29) is 27.0 Å². The van der Waals surface area contributed by atoms with Gasteiger partial charge in [0.2, 0.25) is 11.0 Å². The monoisotopic (exact) mass is 493 g/mol. The first-order valence-corrected chi connectivity index (χ1v) is 12.5. The molecule has 0 bridgehead atoms. The van der Waals surface area contributed by atoms with E-state index < -0.39 is 15.8 Å². The Labute approximate surface area is 192 Å². The van der Waals surface area contributed by atoms with E-state index in [0.717, 1.165) is 22.6 Å². The van der Waals surface area contributed by atoms with Gasteiger partial charge in [-0.3, -0.25) is 9.52 Å². The van der Waals surface area contributed by atoms with E-state index in [1.807, 2.05) is 4.90 Å². The van der Waals surface area contributed by atoms with Crippen LogP contribution in [-0.4, -0.2) is 43.7 Å². The summed E-state index contributed by atoms with van der Waals surface area (Å²) in [6.45, 7) is 1.09. The first-order valence-electron chi connectivity index (χ1n) is 9.79. The van der Waals surface area contributed by atoms with Crippen LogP contribution >= 0.6 is 22.9 Å². The van der Waals surface area contributed by atoms with Crippen LogP contribution in [0.15, 0.2) is 46.8 Å². The van der Waals surface area contributed by atoms with Gasteiger partial charge in [0.05, 0.1) is 9.92 Å². The number of carbonyl (C=O) groups is 1. The van der Waals surface area contributed by atoms with E-state index in [0.29, 0.717) is 31.6 Å². The van der Waals surface area contributed by atoms with Crippen LogP contribution in [-0.2, 0) is 21.2 Å². The molecule has 2 aromatic carbocycles. The van der Waals surface area contributed by atoms with Crippen LogP contribution in [0.25, 0.3) is 0 Å². The third-order valence-corrected chi connectivity index (χ3v) is 8.18. The molecule has 2 aliphatic heterocycles. The molecule has 0 unspecified atom stereocenters. The van der Waals surface area contributed by atoms with E-state index in [2.05, 4.69) is 14.9 Å². The fraction of sp³-hybridized carbons (Fsp3) is 0.250. The summed E-state index contributed by atoms with van der Waals surface area (Å²) < 4.78 is 41.1. The van der Waals surface area contributed by atoms with E-state index in [1.165, 1.54) is 23.7 Å². The van der Waals surface area contributed by atoms with Gasteiger partial charge in [-0.15, -0.1) is 10.2 Å². The summed E-state index contributed by atoms with van der Waals surface area (Å²) in [4.78, 5) is 16.9. The average Bonchev–Trinajstić information content (AvgIpc) is 3.51. The smallest absolute Gasteiger partial charge is 0.263 e. The van der Waals surface area contributed by atoms with Gasteiger partial charge < -0.3 is 9.80 Å². The molecule has 5 rings (SSSR count). The molecule has 1 N–H and O–H groups in total. The number of nitrogens with zero attached hydrogens (tertiary/aromatic N) is 4. The number of aromatic nitrogens is 2. The summed E-state index contributed by atoms with van der Waals surface area (Å²) in [5, 5.41) is 7.58. The van der Waals surface area contributed by atoms with E-state index in [1.54, 1.807) is 23.1 Å². The number of anilines is 3. The molecule has 1 atom stereocenters. The van der Waals surface area contributed by atoms with Gasteiger partial charge in [-0.1, -0.05) is 22.9 Å². The highest BCUT2D eigenvalue weighted by Crippen LogP contribution is 2.38. The van der Waals surface area contributed by atoms with Crippen molar-refractivity contribution in [3.63, 3.8) is 0 Å². The Morgan fingerprint density at radius 1 is 1.16 bits per heavy atom. The quantitative estimate of drug-likeness (QED) is 0.586. The number of hydrogen-bond acceptors (Lipinski definition) is 7. The van der Waals surface area contributed by atoms with Crippen molar-refractivity contribution < 1.29 is 17.6 Å². The topological polar surface area (TPSA) is 95.5 Å². The van der Waals surface area contributed by atoms with Crippen LogP contribution < -0.4 is 14.5 Å². The standard InChI is InChI=1S/C20H17ClFN5O3S2/c21-18-14-7-9-27(16(14)6-5-15(18)22)17-8-10-26(19(17)28)12-1-3-13(4-2-12)32(29,30)25-20-24-23-11-31-20/h1-6,11,17H,7-10H2,(H,24,25)/t17-/m0/s1. The fourth-order valence-electron chi connectivity index (χ4n) is 4.17. The zero-order valence-electron chi connectivity index (χ0n) is 16.5. The second-order valence-electron chi connectivity index (χ2n) is 7.44. The molecule has 166 valence electrons. The summed E-state index contributed by atoms with van der Waals surface area (Å²) in [5.41, 5.74) is 3.57. The number of fused-ring (bicyclic) bond motifs is 1. The number of benzene rings is 2. The average molecular weight is 494 g/mol. The minimum Gasteiger partial charge on any atom is -0.359 e. The lowest BCUT2D eigenvalue weighted by Gasteiger charge is -2.26. The molecule has 1 aromatic heterocycles. The SMILES string of the molecule is O=C1[C@@H](N2CCc3c2ccc(F)c3Cl)CCN1c1ccc(S(=O)(=O)Nc2nncs2)cc1. The summed E-state index contributed by atoms with van der Waals surface area (Å²) in [6, 6.07) is 8.74. The molecule has 0 saturated carbocycles. The molecular formula is C20H17ClFN5O3S2. The predicted molar refractivity (Wildman–Crippen MR) is 120 cm³/mol. The van der Waals surface area contributed by atoms with Gasteiger partial charge in [0.15, 0.2) is 0 Å². The molecule has 1 amide bonds. The summed E-state index contributed by atoms with van der Waals surface area (Å²) in [7, 11) is -3.80. The molecule has 1 fully saturated rings. The first-order chi connectivity index (χ1) is 15.3. The number of halogens is 2. The fourth-order valence-corrected chi connectivity index (χ4v) is 6.12. The Morgan fingerprint density at radius 3 is 2.66 bits per heavy atom. The largest absolute Gasteiger partial charge is 0.359 e. The van der Waals surface area contributed by atoms with E-state index in [4.69, 9.17) is 11.6 Å². The van der Waals surface area contributed by atoms with Crippen molar-refractivity contribution in [1.29, 1.82) is 0 Å². The van der Waals surface area contributed by atoms with Gasteiger partial charge in [0.25, 0.3) is 10.0 Å². The molecule has 12 heteroatoms. The van der Waals surface area contributed by atoms with Crippen LogP contribution in [0.5, 0.6) is 0 Å². The van der Waals surface area contributed by atoms with Crippen molar-refractivity contribution in [2.24, 2.45) is 0 Å². The Morgan fingerprint density at radius 2 is 1.94 bits per heavy atom. The molecule has 3 heterocycles. The normalized spacial score (nSPS) is 18.3. The predicted octanol–water partition coefficient (Wildman–Crippen LogP) is 3.30. The Hall–Kier alpha value is -2.76. The van der Waals surface area contributed by atoms with Crippen molar-refractivity contribution in [3.05, 3.63) is 58.3 Å². The zero-order valence-corrected chi connectivity index (χ0v) is 18.9. The van der Waals surface area contributed by atoms with Crippen LogP contribution in [0.1, 0.15) is 12.0 Å². The Bertz CT molecular complexity index is 1290. The highest BCUT2D eigenvalue weighted by Gasteiger charge is 2.39. The zero-order chi connectivity index (χ0) is 22.5. The third kappa shape index (κ3) is 3.59. The highest BCUT2D eigenvalue weighted by atomic mass is 35.5. The highest BCUT2D eigenvalue weighted by molar-refractivity contribution is 7.93. The van der Waals surface area contributed by atoms with E-state index in [9.17, 15) is 17.6 Å². The maximum atomic E-state index is 13.8. The van der Waals surface area contributed by atoms with Crippen molar-refractivity contribution in [2.75, 3.05) is 27.6 Å². The Kier molecular flexibility index (Phi) is 5.26. The number of nitrogens with one attached hydrogen (secondary N) is 1. The summed E-state index contributed by atoms with van der Waals surface area (Å²) >= 11 is 7.19. The lowest BCUT2D eigenvalue weighted by atomic mass is 10.1. The van der Waals surface area contributed by atoms with Gasteiger partial charge in [-0.05, 0) is 54.8 Å². The lowest BCUT2D eigenvalue weighted by molar-refractivity contribution is -0.118. The summed E-state index contributed by atoms with van der Waals surface area (Å²) in [5.74, 6) is -0.539. The second-order valence-corrected chi connectivity index (χ2v) is 10.3. The minimum absolute atomic E-state index is 0.0600. The van der Waals surface area contributed by atoms with Crippen molar-refractivity contribution in [1.82, 2.24) is 10.2 Å². The Balaban J connectivity index is 1.33. The number of carbonyl (C=O) groups excluding carboxylic acids is 1. The first kappa shape index (κ1) is 21.1. The number of rotatable bonds is 5. The second kappa shape index (κ2) is 7.98. The van der Waals surface area contributed by atoms with Crippen LogP contribution in [0.3, 0.4) is 0 Å². The maximum Gasteiger partial charge on any atom is 0.263 e. The number of amides is 1.